The van der Waals surface area contributed by atoms with Crippen molar-refractivity contribution in [1.29, 1.82) is 0 Å². The monoisotopic (exact) mass is 412 g/mol. The van der Waals surface area contributed by atoms with Crippen molar-refractivity contribution in [2.24, 2.45) is 0 Å². The van der Waals surface area contributed by atoms with Gasteiger partial charge in [0, 0.05) is 21.8 Å². The van der Waals surface area contributed by atoms with Crippen LogP contribution in [0.15, 0.2) is 11.6 Å². The molecule has 8 nitrogen and oxygen atoms in total. The summed E-state index contributed by atoms with van der Waals surface area (Å²) in [6, 6.07) is 0.919. The van der Waals surface area contributed by atoms with Crippen molar-refractivity contribution in [3.63, 3.8) is 0 Å². The van der Waals surface area contributed by atoms with E-state index in [9.17, 15) is 24.3 Å². The summed E-state index contributed by atoms with van der Waals surface area (Å²) in [5.74, 6) is -2.74. The molecule has 1 aliphatic heterocycles. The highest BCUT2D eigenvalue weighted by atomic mass is 32.1. The third-order valence-corrected chi connectivity index (χ3v) is 6.55. The fraction of sp³-hybridized carbons (Fsp3) is 0.300. The van der Waals surface area contributed by atoms with Crippen LogP contribution < -0.4 is 15.7 Å². The van der Waals surface area contributed by atoms with Gasteiger partial charge in [-0.05, 0) is 62.8 Å². The maximum atomic E-state index is 12.0. The van der Waals surface area contributed by atoms with Crippen LogP contribution in [-0.4, -0.2) is 28.4 Å². The van der Waals surface area contributed by atoms with E-state index in [-0.39, 0.29) is 11.1 Å². The van der Waals surface area contributed by atoms with Crippen molar-refractivity contribution >= 4 is 41.2 Å². The van der Waals surface area contributed by atoms with Crippen LogP contribution in [0.4, 0.5) is 4.79 Å². The van der Waals surface area contributed by atoms with Gasteiger partial charge in [0.05, 0.1) is 5.97 Å². The molecule has 150 valence electrons. The molecule has 1 aliphatic carbocycles. The highest BCUT2D eigenvalue weighted by Gasteiger charge is 2.29. The molecule has 0 bridgehead atoms. The number of carbonyl (C=O) groups is 4. The fourth-order valence-corrected chi connectivity index (χ4v) is 5.42. The molecule has 0 spiro atoms. The third-order valence-electron chi connectivity index (χ3n) is 5.27. The Morgan fingerprint density at radius 1 is 1.14 bits per heavy atom. The van der Waals surface area contributed by atoms with Crippen LogP contribution in [0.25, 0.3) is 11.1 Å². The van der Waals surface area contributed by atoms with Gasteiger partial charge < -0.3 is 14.5 Å². The van der Waals surface area contributed by atoms with E-state index in [2.05, 4.69) is 0 Å². The van der Waals surface area contributed by atoms with Gasteiger partial charge in [0.1, 0.15) is 10.6 Å². The predicted octanol–water partition coefficient (Wildman–Crippen LogP) is 1.15. The van der Waals surface area contributed by atoms with Gasteiger partial charge in [0.25, 0.3) is 11.8 Å². The molecule has 9 heteroatoms. The second-order valence-corrected chi connectivity index (χ2v) is 8.22. The second kappa shape index (κ2) is 7.00. The van der Waals surface area contributed by atoms with E-state index in [0.717, 1.165) is 41.8 Å². The molecule has 2 N–H and O–H groups in total. The first kappa shape index (κ1) is 19.1. The molecule has 0 atom stereocenters. The summed E-state index contributed by atoms with van der Waals surface area (Å²) in [4.78, 5) is 48.3. The van der Waals surface area contributed by atoms with E-state index >= 15 is 0 Å². The van der Waals surface area contributed by atoms with Gasteiger partial charge in [-0.3, -0.25) is 20.2 Å². The normalized spacial score (nSPS) is 16.3. The van der Waals surface area contributed by atoms with Crippen LogP contribution in [-0.2, 0) is 22.4 Å². The number of aromatic carboxylic acids is 1. The van der Waals surface area contributed by atoms with E-state index in [0.29, 0.717) is 16.3 Å². The Labute approximate surface area is 170 Å². The van der Waals surface area contributed by atoms with Crippen molar-refractivity contribution in [1.82, 2.24) is 15.2 Å². The van der Waals surface area contributed by atoms with Gasteiger partial charge in [-0.2, -0.15) is 0 Å². The smallest absolute Gasteiger partial charge is 0.328 e. The van der Waals surface area contributed by atoms with Gasteiger partial charge in [0.15, 0.2) is 0 Å². The molecule has 1 fully saturated rings. The first-order chi connectivity index (χ1) is 13.8. The Kier molecular flexibility index (Phi) is 4.62. The van der Waals surface area contributed by atoms with E-state index in [4.69, 9.17) is 0 Å². The second-order valence-electron chi connectivity index (χ2n) is 7.14. The number of aryl methyl sites for hydroxylation is 2. The minimum atomic E-state index is -1.20. The molecular formula is C20H18N3O5S-. The minimum Gasteiger partial charge on any atom is -0.545 e. The van der Waals surface area contributed by atoms with Gasteiger partial charge in [0.2, 0.25) is 0 Å². The average molecular weight is 412 g/mol. The summed E-state index contributed by atoms with van der Waals surface area (Å²) in [7, 11) is 0. The molecule has 2 aromatic rings. The third kappa shape index (κ3) is 3.17. The number of hydrogen-bond acceptors (Lipinski definition) is 6. The first-order valence-corrected chi connectivity index (χ1v) is 10.0. The summed E-state index contributed by atoms with van der Waals surface area (Å²) >= 11 is 1.45. The zero-order valence-corrected chi connectivity index (χ0v) is 16.7. The summed E-state index contributed by atoms with van der Waals surface area (Å²) in [6.45, 7) is 3.62. The number of fused-ring (bicyclic) bond motifs is 1. The Morgan fingerprint density at radius 2 is 1.79 bits per heavy atom. The number of carbonyl (C=O) groups excluding carboxylic acids is 4. The molecule has 2 aliphatic rings. The molecule has 3 heterocycles. The number of amides is 4. The number of hydrogen-bond donors (Lipinski definition) is 2. The van der Waals surface area contributed by atoms with Crippen molar-refractivity contribution in [3.8, 4) is 5.00 Å². The van der Waals surface area contributed by atoms with Gasteiger partial charge in [-0.1, -0.05) is 0 Å². The van der Waals surface area contributed by atoms with E-state index < -0.39 is 23.8 Å². The summed E-state index contributed by atoms with van der Waals surface area (Å²) in [5.41, 5.74) is 2.94. The number of thiophene rings is 1. The van der Waals surface area contributed by atoms with E-state index in [1.165, 1.54) is 17.4 Å². The number of urea groups is 1. The lowest BCUT2D eigenvalue weighted by atomic mass is 9.95. The number of barbiturate groups is 1. The van der Waals surface area contributed by atoms with Crippen LogP contribution in [0.2, 0.25) is 0 Å². The Bertz CT molecular complexity index is 1100. The van der Waals surface area contributed by atoms with Crippen LogP contribution >= 0.6 is 11.3 Å². The lowest BCUT2D eigenvalue weighted by Crippen LogP contribution is -2.51. The van der Waals surface area contributed by atoms with Crippen LogP contribution in [0.3, 0.4) is 0 Å². The Hall–Kier alpha value is -3.20. The molecule has 0 aromatic carbocycles. The molecule has 4 amide bonds. The van der Waals surface area contributed by atoms with E-state index in [1.54, 1.807) is 13.0 Å². The molecule has 29 heavy (non-hydrogen) atoms. The lowest BCUT2D eigenvalue weighted by molar-refractivity contribution is -0.255. The topological polar surface area (TPSA) is 120 Å². The summed E-state index contributed by atoms with van der Waals surface area (Å²) < 4.78 is 1.82. The molecule has 1 saturated heterocycles. The van der Waals surface area contributed by atoms with Crippen LogP contribution in [0.5, 0.6) is 0 Å². The summed E-state index contributed by atoms with van der Waals surface area (Å²) in [5, 5.41) is 16.6. The van der Waals surface area contributed by atoms with Crippen molar-refractivity contribution < 1.29 is 24.3 Å². The number of imide groups is 2. The highest BCUT2D eigenvalue weighted by Crippen LogP contribution is 2.38. The predicted molar refractivity (Wildman–Crippen MR) is 104 cm³/mol. The standard InChI is InChI=1S/C20H19N3O5S/c1-9-7-11(8-13-16(24)21-20(28)22-17(13)25)10(2)23(9)18-15(19(26)27)12-5-3-4-6-14(12)29-18/h7-8H,3-6H2,1-2H3,(H,26,27)(H2,21,22,24,25,28)/p-1. The lowest BCUT2D eigenvalue weighted by Gasteiger charge is -2.15. The quantitative estimate of drug-likeness (QED) is 0.579. The van der Waals surface area contributed by atoms with Crippen molar-refractivity contribution in [2.75, 3.05) is 0 Å². The number of carboxylic acids is 1. The largest absolute Gasteiger partial charge is 0.545 e. The molecular weight excluding hydrogens is 394 g/mol. The van der Waals surface area contributed by atoms with Crippen LogP contribution in [0.1, 0.15) is 50.6 Å². The van der Waals surface area contributed by atoms with E-state index in [1.807, 2.05) is 22.1 Å². The number of rotatable bonds is 3. The first-order valence-electron chi connectivity index (χ1n) is 9.21. The van der Waals surface area contributed by atoms with Gasteiger partial charge >= 0.3 is 6.03 Å². The number of nitrogens with zero attached hydrogens (tertiary/aromatic N) is 1. The average Bonchev–Trinajstić information content (AvgIpc) is 3.14. The fourth-order valence-electron chi connectivity index (χ4n) is 3.93. The van der Waals surface area contributed by atoms with Gasteiger partial charge in [-0.25, -0.2) is 4.79 Å². The molecule has 0 unspecified atom stereocenters. The van der Waals surface area contributed by atoms with Crippen molar-refractivity contribution in [3.05, 3.63) is 44.6 Å². The molecule has 0 radical (unpaired) electrons. The summed E-state index contributed by atoms with van der Waals surface area (Å²) in [6.07, 6.45) is 4.96. The zero-order valence-electron chi connectivity index (χ0n) is 15.9. The zero-order chi connectivity index (χ0) is 20.9. The molecule has 4 rings (SSSR count). The molecule has 0 saturated carbocycles. The Balaban J connectivity index is 1.84. The van der Waals surface area contributed by atoms with Crippen LogP contribution in [0, 0.1) is 13.8 Å². The SMILES string of the molecule is Cc1cc(C=C2C(=O)NC(=O)NC2=O)c(C)n1-c1sc2c(c1C(=O)[O-])CCCC2. The number of aromatic nitrogens is 1. The minimum absolute atomic E-state index is 0.185. The maximum Gasteiger partial charge on any atom is 0.328 e. The Morgan fingerprint density at radius 3 is 2.45 bits per heavy atom. The highest BCUT2D eigenvalue weighted by molar-refractivity contribution is 7.15. The number of carboxylic acid groups (broad SMARTS) is 1. The molecule has 2 aromatic heterocycles. The van der Waals surface area contributed by atoms with Gasteiger partial charge in [-0.15, -0.1) is 11.3 Å². The number of nitrogens with one attached hydrogen (secondary N) is 2. The van der Waals surface area contributed by atoms with Crippen molar-refractivity contribution in [2.45, 2.75) is 39.5 Å². The maximum absolute atomic E-state index is 12.0.